The number of rotatable bonds is 4. The van der Waals surface area contributed by atoms with Gasteiger partial charge in [-0.1, -0.05) is 66.8 Å². The third-order valence-corrected chi connectivity index (χ3v) is 2.68. The van der Waals surface area contributed by atoms with Gasteiger partial charge in [-0.25, -0.2) is 0 Å². The molecule has 0 aliphatic heterocycles. The molecule has 2 rings (SSSR count). The molecule has 1 aromatic carbocycles. The maximum absolute atomic E-state index is 11.8. The molecule has 1 aromatic rings. The molecule has 0 saturated heterocycles. The van der Waals surface area contributed by atoms with Gasteiger partial charge in [0.1, 0.15) is 0 Å². The molecule has 0 fully saturated rings. The Balaban J connectivity index is 1.89. The molecule has 96 valence electrons. The Morgan fingerprint density at radius 3 is 2.21 bits per heavy atom. The van der Waals surface area contributed by atoms with Gasteiger partial charge in [0.15, 0.2) is 12.4 Å². The number of carbonyl (C=O) groups excluding carboxylic acids is 2. The van der Waals surface area contributed by atoms with E-state index in [1.54, 1.807) is 48.6 Å². The second-order valence-corrected chi connectivity index (χ2v) is 4.08. The van der Waals surface area contributed by atoms with Crippen molar-refractivity contribution in [2.45, 2.75) is 0 Å². The SMILES string of the molecule is O=C(COC(=O)C1C=CC=CC=C1)c1ccccc1. The molecular formula is C16H14O3. The number of allylic oxidation sites excluding steroid dienone is 4. The lowest BCUT2D eigenvalue weighted by Crippen LogP contribution is -2.19. The van der Waals surface area contributed by atoms with Gasteiger partial charge in [-0.3, -0.25) is 9.59 Å². The van der Waals surface area contributed by atoms with Crippen molar-refractivity contribution in [3.63, 3.8) is 0 Å². The van der Waals surface area contributed by atoms with Gasteiger partial charge in [0, 0.05) is 5.56 Å². The van der Waals surface area contributed by atoms with Gasteiger partial charge >= 0.3 is 5.97 Å². The zero-order valence-electron chi connectivity index (χ0n) is 10.4. The minimum Gasteiger partial charge on any atom is -0.457 e. The molecule has 0 N–H and O–H groups in total. The van der Waals surface area contributed by atoms with Crippen molar-refractivity contribution in [2.24, 2.45) is 5.92 Å². The van der Waals surface area contributed by atoms with E-state index < -0.39 is 11.9 Å². The average Bonchev–Trinajstić information content (AvgIpc) is 2.74. The number of hydrogen-bond acceptors (Lipinski definition) is 3. The van der Waals surface area contributed by atoms with Gasteiger partial charge in [0.25, 0.3) is 0 Å². The molecule has 1 aliphatic carbocycles. The highest BCUT2D eigenvalue weighted by atomic mass is 16.5. The van der Waals surface area contributed by atoms with E-state index in [9.17, 15) is 9.59 Å². The fourth-order valence-corrected chi connectivity index (χ4v) is 1.66. The Kier molecular flexibility index (Phi) is 4.45. The minimum atomic E-state index is -0.432. The molecule has 0 unspecified atom stereocenters. The molecule has 0 spiro atoms. The van der Waals surface area contributed by atoms with Crippen LogP contribution in [0, 0.1) is 5.92 Å². The monoisotopic (exact) mass is 254 g/mol. The van der Waals surface area contributed by atoms with Crippen molar-refractivity contribution in [3.8, 4) is 0 Å². The van der Waals surface area contributed by atoms with Crippen LogP contribution in [0.25, 0.3) is 0 Å². The summed E-state index contributed by atoms with van der Waals surface area (Å²) in [6, 6.07) is 8.78. The summed E-state index contributed by atoms with van der Waals surface area (Å²) in [5.41, 5.74) is 0.545. The molecule has 0 saturated carbocycles. The summed E-state index contributed by atoms with van der Waals surface area (Å²) < 4.78 is 5.03. The van der Waals surface area contributed by atoms with Crippen LogP contribution in [0.5, 0.6) is 0 Å². The van der Waals surface area contributed by atoms with Crippen molar-refractivity contribution in [1.29, 1.82) is 0 Å². The van der Waals surface area contributed by atoms with Crippen molar-refractivity contribution >= 4 is 11.8 Å². The first-order valence-electron chi connectivity index (χ1n) is 6.04. The van der Waals surface area contributed by atoms with Gasteiger partial charge in [-0.15, -0.1) is 0 Å². The maximum atomic E-state index is 11.8. The van der Waals surface area contributed by atoms with E-state index in [0.717, 1.165) is 0 Å². The van der Waals surface area contributed by atoms with E-state index in [-0.39, 0.29) is 12.4 Å². The van der Waals surface area contributed by atoms with Gasteiger partial charge in [0.05, 0.1) is 5.92 Å². The van der Waals surface area contributed by atoms with E-state index in [2.05, 4.69) is 0 Å². The van der Waals surface area contributed by atoms with Crippen molar-refractivity contribution < 1.29 is 14.3 Å². The van der Waals surface area contributed by atoms with Crippen LogP contribution >= 0.6 is 0 Å². The van der Waals surface area contributed by atoms with Crippen LogP contribution in [-0.2, 0) is 9.53 Å². The fourth-order valence-electron chi connectivity index (χ4n) is 1.66. The molecule has 0 aromatic heterocycles. The Hall–Kier alpha value is -2.42. The topological polar surface area (TPSA) is 43.4 Å². The first-order valence-corrected chi connectivity index (χ1v) is 6.04. The third-order valence-electron chi connectivity index (χ3n) is 2.68. The molecule has 0 radical (unpaired) electrons. The molecule has 19 heavy (non-hydrogen) atoms. The first-order chi connectivity index (χ1) is 9.27. The summed E-state index contributed by atoms with van der Waals surface area (Å²) in [4.78, 5) is 23.6. The summed E-state index contributed by atoms with van der Waals surface area (Å²) in [6.45, 7) is -0.228. The van der Waals surface area contributed by atoms with Crippen LogP contribution in [0.3, 0.4) is 0 Å². The van der Waals surface area contributed by atoms with Gasteiger partial charge < -0.3 is 4.74 Å². The van der Waals surface area contributed by atoms with Crippen molar-refractivity contribution in [2.75, 3.05) is 6.61 Å². The summed E-state index contributed by atoms with van der Waals surface area (Å²) in [5.74, 6) is -1.05. The second-order valence-electron chi connectivity index (χ2n) is 4.08. The first kappa shape index (κ1) is 13.0. The van der Waals surface area contributed by atoms with E-state index in [4.69, 9.17) is 4.74 Å². The fraction of sp³-hybridized carbons (Fsp3) is 0.125. The smallest absolute Gasteiger partial charge is 0.317 e. The number of ketones is 1. The normalized spacial score (nSPS) is 14.1. The average molecular weight is 254 g/mol. The van der Waals surface area contributed by atoms with Crippen LogP contribution in [-0.4, -0.2) is 18.4 Å². The highest BCUT2D eigenvalue weighted by molar-refractivity contribution is 5.98. The minimum absolute atomic E-state index is 0.200. The second kappa shape index (κ2) is 6.50. The summed E-state index contributed by atoms with van der Waals surface area (Å²) in [7, 11) is 0. The third kappa shape index (κ3) is 3.78. The Morgan fingerprint density at radius 1 is 0.947 bits per heavy atom. The molecule has 0 bridgehead atoms. The lowest BCUT2D eigenvalue weighted by molar-refractivity contribution is -0.144. The predicted octanol–water partition coefficient (Wildman–Crippen LogP) is 2.71. The Morgan fingerprint density at radius 2 is 1.58 bits per heavy atom. The predicted molar refractivity (Wildman–Crippen MR) is 72.6 cm³/mol. The Labute approximate surface area is 111 Å². The lowest BCUT2D eigenvalue weighted by atomic mass is 10.1. The van der Waals surface area contributed by atoms with Crippen molar-refractivity contribution in [1.82, 2.24) is 0 Å². The van der Waals surface area contributed by atoms with E-state index in [1.807, 2.05) is 18.2 Å². The van der Waals surface area contributed by atoms with Gasteiger partial charge in [-0.2, -0.15) is 0 Å². The zero-order valence-corrected chi connectivity index (χ0v) is 10.4. The van der Waals surface area contributed by atoms with E-state index in [1.165, 1.54) is 0 Å². The molecule has 0 atom stereocenters. The van der Waals surface area contributed by atoms with Crippen LogP contribution in [0.1, 0.15) is 10.4 Å². The zero-order chi connectivity index (χ0) is 13.5. The van der Waals surface area contributed by atoms with Crippen molar-refractivity contribution in [3.05, 3.63) is 72.4 Å². The molecule has 0 amide bonds. The highest BCUT2D eigenvalue weighted by Gasteiger charge is 2.16. The van der Waals surface area contributed by atoms with Crippen LogP contribution in [0.15, 0.2) is 66.8 Å². The molecular weight excluding hydrogens is 240 g/mol. The summed E-state index contributed by atoms with van der Waals surface area (Å²) >= 11 is 0. The molecule has 3 nitrogen and oxygen atoms in total. The number of carbonyl (C=O) groups is 2. The Bertz CT molecular complexity index is 522. The number of benzene rings is 1. The molecule has 0 heterocycles. The van der Waals surface area contributed by atoms with Crippen LogP contribution in [0.2, 0.25) is 0 Å². The van der Waals surface area contributed by atoms with Gasteiger partial charge in [0.2, 0.25) is 0 Å². The number of ether oxygens (including phenoxy) is 1. The number of hydrogen-bond donors (Lipinski definition) is 0. The van der Waals surface area contributed by atoms with Crippen LogP contribution < -0.4 is 0 Å². The highest BCUT2D eigenvalue weighted by Crippen LogP contribution is 2.09. The standard InChI is InChI=1S/C16H14O3/c17-15(13-8-6-3-7-9-13)12-19-16(18)14-10-4-1-2-5-11-14/h1-11,14H,12H2. The van der Waals surface area contributed by atoms with Crippen LogP contribution in [0.4, 0.5) is 0 Å². The van der Waals surface area contributed by atoms with Gasteiger partial charge in [-0.05, 0) is 0 Å². The quantitative estimate of drug-likeness (QED) is 0.613. The van der Waals surface area contributed by atoms with E-state index in [0.29, 0.717) is 5.56 Å². The maximum Gasteiger partial charge on any atom is 0.317 e. The largest absolute Gasteiger partial charge is 0.457 e. The lowest BCUT2D eigenvalue weighted by Gasteiger charge is -2.07. The molecule has 1 aliphatic rings. The molecule has 3 heteroatoms. The number of Topliss-reactive ketones (excluding diaryl/α,β-unsaturated/α-hetero) is 1. The summed E-state index contributed by atoms with van der Waals surface area (Å²) in [6.07, 6.45) is 10.7. The van der Waals surface area contributed by atoms with E-state index >= 15 is 0 Å². The number of esters is 1. The summed E-state index contributed by atoms with van der Waals surface area (Å²) in [5, 5.41) is 0.